The van der Waals surface area contributed by atoms with Gasteiger partial charge in [0.1, 0.15) is 5.69 Å². The molecule has 2 heterocycles. The molecular formula is C16H23BN2O4. The molecule has 2 rings (SSSR count). The van der Waals surface area contributed by atoms with Crippen LogP contribution in [-0.4, -0.2) is 48.0 Å². The van der Waals surface area contributed by atoms with E-state index in [2.05, 4.69) is 10.3 Å². The van der Waals surface area contributed by atoms with Crippen LogP contribution in [0.1, 0.15) is 43.7 Å². The van der Waals surface area contributed by atoms with Gasteiger partial charge < -0.3 is 19.7 Å². The number of aromatic nitrogens is 1. The first-order valence-corrected chi connectivity index (χ1v) is 7.56. The molecule has 6 nitrogen and oxygen atoms in total. The summed E-state index contributed by atoms with van der Waals surface area (Å²) in [4.78, 5) is 14.9. The number of carbonyl (C=O) groups is 1. The maximum atomic E-state index is 11.0. The molecule has 1 aliphatic rings. The molecular weight excluding hydrogens is 295 g/mol. The fourth-order valence-corrected chi connectivity index (χ4v) is 2.27. The molecule has 0 amide bonds. The molecule has 1 fully saturated rings. The molecule has 1 aromatic heterocycles. The van der Waals surface area contributed by atoms with Crippen molar-refractivity contribution in [1.82, 2.24) is 10.3 Å². The van der Waals surface area contributed by atoms with E-state index in [4.69, 9.17) is 14.4 Å². The van der Waals surface area contributed by atoms with Crippen molar-refractivity contribution in [2.24, 2.45) is 0 Å². The predicted octanol–water partition coefficient (Wildman–Crippen LogP) is 2.01. The number of hydrogen-bond acceptors (Lipinski definition) is 5. The molecule has 0 aliphatic carbocycles. The fourth-order valence-electron chi connectivity index (χ4n) is 2.27. The van der Waals surface area contributed by atoms with Crippen LogP contribution in [0.15, 0.2) is 23.8 Å². The lowest BCUT2D eigenvalue weighted by molar-refractivity contribution is 0.00578. The fraction of sp³-hybridized carbons (Fsp3) is 0.500. The zero-order valence-corrected chi connectivity index (χ0v) is 14.2. The normalized spacial score (nSPS) is 19.9. The molecule has 1 aliphatic heterocycles. The second kappa shape index (κ2) is 6.43. The van der Waals surface area contributed by atoms with E-state index in [1.807, 2.05) is 40.8 Å². The number of carboxylic acids is 1. The van der Waals surface area contributed by atoms with Crippen LogP contribution >= 0.6 is 0 Å². The highest BCUT2D eigenvalue weighted by molar-refractivity contribution is 6.55. The van der Waals surface area contributed by atoms with Crippen LogP contribution in [0, 0.1) is 0 Å². The van der Waals surface area contributed by atoms with Crippen molar-refractivity contribution in [2.75, 3.05) is 13.6 Å². The Bertz CT molecular complexity index is 612. The van der Waals surface area contributed by atoms with Crippen molar-refractivity contribution < 1.29 is 19.2 Å². The second-order valence-corrected chi connectivity index (χ2v) is 6.62. The summed E-state index contributed by atoms with van der Waals surface area (Å²) in [5, 5.41) is 12.1. The number of nitrogens with zero attached hydrogens (tertiary/aromatic N) is 1. The van der Waals surface area contributed by atoms with Crippen LogP contribution in [0.4, 0.5) is 0 Å². The number of rotatable bonds is 5. The van der Waals surface area contributed by atoms with Gasteiger partial charge in [0, 0.05) is 12.7 Å². The first-order chi connectivity index (χ1) is 10.7. The molecule has 124 valence electrons. The number of aromatic carboxylic acids is 1. The Hall–Kier alpha value is -1.70. The third kappa shape index (κ3) is 3.80. The van der Waals surface area contributed by atoms with Crippen molar-refractivity contribution in [2.45, 2.75) is 38.9 Å². The number of pyridine rings is 1. The van der Waals surface area contributed by atoms with Gasteiger partial charge in [-0.25, -0.2) is 9.78 Å². The summed E-state index contributed by atoms with van der Waals surface area (Å²) >= 11 is 0. The van der Waals surface area contributed by atoms with Gasteiger partial charge in [0.25, 0.3) is 0 Å². The summed E-state index contributed by atoms with van der Waals surface area (Å²) < 4.78 is 12.1. The van der Waals surface area contributed by atoms with Gasteiger partial charge in [0.2, 0.25) is 0 Å². The Morgan fingerprint density at radius 2 is 1.96 bits per heavy atom. The summed E-state index contributed by atoms with van der Waals surface area (Å²) in [6, 6.07) is 3.29. The minimum absolute atomic E-state index is 0.0106. The molecule has 0 atom stereocenters. The first-order valence-electron chi connectivity index (χ1n) is 7.56. The second-order valence-electron chi connectivity index (χ2n) is 6.62. The van der Waals surface area contributed by atoms with Gasteiger partial charge in [0.15, 0.2) is 0 Å². The van der Waals surface area contributed by atoms with Gasteiger partial charge >= 0.3 is 13.1 Å². The monoisotopic (exact) mass is 318 g/mol. The summed E-state index contributed by atoms with van der Waals surface area (Å²) in [7, 11) is 1.36. The molecule has 23 heavy (non-hydrogen) atoms. The van der Waals surface area contributed by atoms with Crippen LogP contribution in [0.3, 0.4) is 0 Å². The Morgan fingerprint density at radius 3 is 2.48 bits per heavy atom. The van der Waals surface area contributed by atoms with E-state index in [9.17, 15) is 4.79 Å². The lowest BCUT2D eigenvalue weighted by atomic mass is 9.77. The lowest BCUT2D eigenvalue weighted by Gasteiger charge is -2.32. The Balaban J connectivity index is 2.32. The van der Waals surface area contributed by atoms with Crippen molar-refractivity contribution in [3.8, 4) is 0 Å². The maximum absolute atomic E-state index is 11.0. The van der Waals surface area contributed by atoms with Gasteiger partial charge in [-0.1, -0.05) is 6.08 Å². The van der Waals surface area contributed by atoms with E-state index in [-0.39, 0.29) is 5.69 Å². The number of nitrogens with one attached hydrogen (secondary N) is 1. The van der Waals surface area contributed by atoms with Crippen LogP contribution in [-0.2, 0) is 9.31 Å². The van der Waals surface area contributed by atoms with Gasteiger partial charge in [-0.15, -0.1) is 0 Å². The molecule has 0 bridgehead atoms. The number of likely N-dealkylation sites (N-methyl/N-ethyl adjacent to an activating group) is 1. The SMILES string of the molecule is CNCC(=Cc1ccnc(C(=O)O)c1)B1OC(C)(C)C(C)(C)O1. The summed E-state index contributed by atoms with van der Waals surface area (Å²) in [6.07, 6.45) is 3.36. The van der Waals surface area contributed by atoms with Crippen molar-refractivity contribution in [3.63, 3.8) is 0 Å². The highest BCUT2D eigenvalue weighted by atomic mass is 16.7. The highest BCUT2D eigenvalue weighted by Crippen LogP contribution is 2.38. The first kappa shape index (κ1) is 17.7. The summed E-state index contributed by atoms with van der Waals surface area (Å²) in [6.45, 7) is 8.57. The van der Waals surface area contributed by atoms with Crippen LogP contribution in [0.2, 0.25) is 0 Å². The number of carboxylic acid groups (broad SMARTS) is 1. The zero-order valence-electron chi connectivity index (χ0n) is 14.2. The highest BCUT2D eigenvalue weighted by Gasteiger charge is 2.52. The molecule has 0 saturated carbocycles. The van der Waals surface area contributed by atoms with Gasteiger partial charge in [-0.2, -0.15) is 0 Å². The quantitative estimate of drug-likeness (QED) is 0.809. The molecule has 0 aromatic carbocycles. The van der Waals surface area contributed by atoms with E-state index in [0.29, 0.717) is 6.54 Å². The molecule has 1 aromatic rings. The smallest absolute Gasteiger partial charge is 0.477 e. The van der Waals surface area contributed by atoms with Crippen LogP contribution < -0.4 is 5.32 Å². The van der Waals surface area contributed by atoms with E-state index < -0.39 is 24.3 Å². The predicted molar refractivity (Wildman–Crippen MR) is 89.2 cm³/mol. The molecule has 0 spiro atoms. The average Bonchev–Trinajstić information content (AvgIpc) is 2.67. The minimum atomic E-state index is -1.05. The third-order valence-electron chi connectivity index (χ3n) is 4.29. The van der Waals surface area contributed by atoms with Crippen LogP contribution in [0.5, 0.6) is 0 Å². The van der Waals surface area contributed by atoms with Gasteiger partial charge in [-0.3, -0.25) is 0 Å². The zero-order chi connectivity index (χ0) is 17.3. The van der Waals surface area contributed by atoms with Crippen molar-refractivity contribution in [1.29, 1.82) is 0 Å². The lowest BCUT2D eigenvalue weighted by Crippen LogP contribution is -2.41. The van der Waals surface area contributed by atoms with Crippen molar-refractivity contribution in [3.05, 3.63) is 35.1 Å². The largest absolute Gasteiger partial charge is 0.491 e. The van der Waals surface area contributed by atoms with Gasteiger partial charge in [0.05, 0.1) is 11.2 Å². The Morgan fingerprint density at radius 1 is 1.35 bits per heavy atom. The maximum Gasteiger partial charge on any atom is 0.491 e. The summed E-state index contributed by atoms with van der Waals surface area (Å²) in [5.41, 5.74) is 0.812. The van der Waals surface area contributed by atoms with Crippen molar-refractivity contribution >= 4 is 19.2 Å². The van der Waals surface area contributed by atoms with E-state index in [1.54, 1.807) is 6.07 Å². The topological polar surface area (TPSA) is 80.7 Å². The van der Waals surface area contributed by atoms with E-state index >= 15 is 0 Å². The molecule has 0 radical (unpaired) electrons. The molecule has 0 unspecified atom stereocenters. The molecule has 7 heteroatoms. The summed E-state index contributed by atoms with van der Waals surface area (Å²) in [5.74, 6) is -1.05. The third-order valence-corrected chi connectivity index (χ3v) is 4.29. The minimum Gasteiger partial charge on any atom is -0.477 e. The average molecular weight is 318 g/mol. The number of hydrogen-bond donors (Lipinski definition) is 2. The standard InChI is InChI=1S/C16H23BN2O4/c1-15(2)16(3,4)23-17(22-15)12(10-18-5)8-11-6-7-19-13(9-11)14(20)21/h6-9,18H,10H2,1-5H3,(H,20,21). The Labute approximate surface area is 137 Å². The van der Waals surface area contributed by atoms with Crippen LogP contribution in [0.25, 0.3) is 6.08 Å². The molecule has 2 N–H and O–H groups in total. The van der Waals surface area contributed by atoms with E-state index in [0.717, 1.165) is 11.0 Å². The molecule has 1 saturated heterocycles. The Kier molecular flexibility index (Phi) is 4.94. The van der Waals surface area contributed by atoms with Gasteiger partial charge in [-0.05, 0) is 57.9 Å². The van der Waals surface area contributed by atoms with E-state index in [1.165, 1.54) is 12.3 Å².